The van der Waals surface area contributed by atoms with Crippen molar-refractivity contribution in [1.29, 1.82) is 0 Å². The standard InChI is InChI=1S/C15H15N5/c1-9-10(2)18-14-13(17-9)12(19-15(16)20-14)8-11-6-4-3-5-7-11/h3-7H,8H2,1-2H3,(H2,16,18,19,20). The van der Waals surface area contributed by atoms with E-state index < -0.39 is 0 Å². The van der Waals surface area contributed by atoms with Crippen LogP contribution in [-0.4, -0.2) is 19.9 Å². The summed E-state index contributed by atoms with van der Waals surface area (Å²) in [5, 5.41) is 0. The van der Waals surface area contributed by atoms with E-state index in [1.54, 1.807) is 0 Å². The van der Waals surface area contributed by atoms with E-state index in [9.17, 15) is 0 Å². The Morgan fingerprint density at radius 1 is 0.900 bits per heavy atom. The monoisotopic (exact) mass is 265 g/mol. The second kappa shape index (κ2) is 4.85. The van der Waals surface area contributed by atoms with Gasteiger partial charge in [-0.1, -0.05) is 30.3 Å². The third kappa shape index (κ3) is 2.30. The van der Waals surface area contributed by atoms with Gasteiger partial charge in [-0.15, -0.1) is 0 Å². The zero-order valence-electron chi connectivity index (χ0n) is 11.5. The van der Waals surface area contributed by atoms with E-state index in [1.165, 1.54) is 0 Å². The Kier molecular flexibility index (Phi) is 3.02. The summed E-state index contributed by atoms with van der Waals surface area (Å²) in [6.45, 7) is 3.85. The number of benzene rings is 1. The summed E-state index contributed by atoms with van der Waals surface area (Å²) in [5.41, 5.74) is 10.8. The molecule has 0 fully saturated rings. The van der Waals surface area contributed by atoms with Crippen molar-refractivity contribution in [2.75, 3.05) is 5.73 Å². The lowest BCUT2D eigenvalue weighted by atomic mass is 10.1. The van der Waals surface area contributed by atoms with Gasteiger partial charge in [-0.2, -0.15) is 4.98 Å². The minimum atomic E-state index is 0.237. The summed E-state index contributed by atoms with van der Waals surface area (Å²) in [4.78, 5) is 17.5. The average molecular weight is 265 g/mol. The molecular formula is C15H15N5. The molecule has 1 aromatic carbocycles. The summed E-state index contributed by atoms with van der Waals surface area (Å²) in [5.74, 6) is 0.237. The fourth-order valence-corrected chi connectivity index (χ4v) is 2.10. The van der Waals surface area contributed by atoms with Crippen molar-refractivity contribution in [2.45, 2.75) is 20.3 Å². The number of hydrogen-bond donors (Lipinski definition) is 1. The Balaban J connectivity index is 2.16. The van der Waals surface area contributed by atoms with E-state index in [0.29, 0.717) is 12.1 Å². The van der Waals surface area contributed by atoms with Crippen LogP contribution in [0.5, 0.6) is 0 Å². The number of aryl methyl sites for hydroxylation is 2. The molecule has 5 nitrogen and oxygen atoms in total. The quantitative estimate of drug-likeness (QED) is 0.768. The van der Waals surface area contributed by atoms with Crippen LogP contribution in [0.25, 0.3) is 11.2 Å². The van der Waals surface area contributed by atoms with Gasteiger partial charge < -0.3 is 5.73 Å². The van der Waals surface area contributed by atoms with Crippen LogP contribution in [0.2, 0.25) is 0 Å². The Hall–Kier alpha value is -2.56. The number of rotatable bonds is 2. The predicted molar refractivity (Wildman–Crippen MR) is 78.3 cm³/mol. The van der Waals surface area contributed by atoms with E-state index in [0.717, 1.165) is 28.2 Å². The van der Waals surface area contributed by atoms with Gasteiger partial charge in [-0.05, 0) is 19.4 Å². The van der Waals surface area contributed by atoms with Crippen LogP contribution in [0.15, 0.2) is 30.3 Å². The van der Waals surface area contributed by atoms with Gasteiger partial charge in [0.1, 0.15) is 5.52 Å². The van der Waals surface area contributed by atoms with E-state index in [-0.39, 0.29) is 5.95 Å². The molecule has 0 bridgehead atoms. The Morgan fingerprint density at radius 3 is 2.35 bits per heavy atom. The first-order valence-corrected chi connectivity index (χ1v) is 6.45. The zero-order chi connectivity index (χ0) is 14.1. The van der Waals surface area contributed by atoms with Gasteiger partial charge in [0, 0.05) is 6.42 Å². The van der Waals surface area contributed by atoms with E-state index in [1.807, 2.05) is 32.0 Å². The van der Waals surface area contributed by atoms with Crippen LogP contribution in [-0.2, 0) is 6.42 Å². The zero-order valence-corrected chi connectivity index (χ0v) is 11.5. The number of fused-ring (bicyclic) bond motifs is 1. The molecule has 2 heterocycles. The van der Waals surface area contributed by atoms with Crippen molar-refractivity contribution in [3.05, 3.63) is 53.0 Å². The molecule has 0 atom stereocenters. The van der Waals surface area contributed by atoms with E-state index in [4.69, 9.17) is 5.73 Å². The Labute approximate surface area is 116 Å². The highest BCUT2D eigenvalue weighted by atomic mass is 15.1. The number of nitrogens with two attached hydrogens (primary N) is 1. The Bertz CT molecular complexity index is 768. The number of anilines is 1. The van der Waals surface area contributed by atoms with Crippen molar-refractivity contribution in [3.8, 4) is 0 Å². The maximum absolute atomic E-state index is 5.78. The van der Waals surface area contributed by atoms with Crippen molar-refractivity contribution in [1.82, 2.24) is 19.9 Å². The molecule has 0 aliphatic carbocycles. The highest BCUT2D eigenvalue weighted by Gasteiger charge is 2.11. The molecule has 0 radical (unpaired) electrons. The lowest BCUT2D eigenvalue weighted by molar-refractivity contribution is 1.01. The molecule has 0 saturated carbocycles. The van der Waals surface area contributed by atoms with Crippen LogP contribution >= 0.6 is 0 Å². The Morgan fingerprint density at radius 2 is 1.60 bits per heavy atom. The van der Waals surface area contributed by atoms with Crippen molar-refractivity contribution in [2.24, 2.45) is 0 Å². The molecule has 5 heteroatoms. The number of nitrogens with zero attached hydrogens (tertiary/aromatic N) is 4. The summed E-state index contributed by atoms with van der Waals surface area (Å²) in [6.07, 6.45) is 0.668. The van der Waals surface area contributed by atoms with Crippen molar-refractivity contribution in [3.63, 3.8) is 0 Å². The van der Waals surface area contributed by atoms with Crippen molar-refractivity contribution < 1.29 is 0 Å². The number of nitrogen functional groups attached to an aromatic ring is 1. The second-order valence-electron chi connectivity index (χ2n) is 4.76. The largest absolute Gasteiger partial charge is 0.368 e. The van der Waals surface area contributed by atoms with E-state index >= 15 is 0 Å². The molecule has 100 valence electrons. The normalized spacial score (nSPS) is 10.9. The molecular weight excluding hydrogens is 250 g/mol. The summed E-state index contributed by atoms with van der Waals surface area (Å²) in [7, 11) is 0. The molecule has 3 aromatic rings. The van der Waals surface area contributed by atoms with Gasteiger partial charge in [-0.25, -0.2) is 15.0 Å². The van der Waals surface area contributed by atoms with Gasteiger partial charge in [0.25, 0.3) is 0 Å². The first-order chi connectivity index (χ1) is 9.63. The predicted octanol–water partition coefficient (Wildman–Crippen LogP) is 2.21. The van der Waals surface area contributed by atoms with E-state index in [2.05, 4.69) is 32.1 Å². The lowest BCUT2D eigenvalue weighted by Crippen LogP contribution is -2.06. The molecule has 0 spiro atoms. The minimum absolute atomic E-state index is 0.237. The smallest absolute Gasteiger partial charge is 0.222 e. The van der Waals surface area contributed by atoms with Gasteiger partial charge in [0.05, 0.1) is 17.1 Å². The van der Waals surface area contributed by atoms with Crippen LogP contribution in [0.3, 0.4) is 0 Å². The topological polar surface area (TPSA) is 77.6 Å². The molecule has 2 N–H and O–H groups in total. The van der Waals surface area contributed by atoms with Crippen LogP contribution in [0.1, 0.15) is 22.6 Å². The van der Waals surface area contributed by atoms with Gasteiger partial charge in [0.15, 0.2) is 5.65 Å². The van der Waals surface area contributed by atoms with Gasteiger partial charge in [-0.3, -0.25) is 0 Å². The SMILES string of the molecule is Cc1nc2nc(N)nc(Cc3ccccc3)c2nc1C. The number of aromatic nitrogens is 4. The lowest BCUT2D eigenvalue weighted by Gasteiger charge is -2.07. The maximum atomic E-state index is 5.78. The second-order valence-corrected chi connectivity index (χ2v) is 4.76. The highest BCUT2D eigenvalue weighted by Crippen LogP contribution is 2.18. The molecule has 0 aliphatic heterocycles. The molecule has 20 heavy (non-hydrogen) atoms. The van der Waals surface area contributed by atoms with Gasteiger partial charge in [0.2, 0.25) is 5.95 Å². The molecule has 3 rings (SSSR count). The molecule has 2 aromatic heterocycles. The summed E-state index contributed by atoms with van der Waals surface area (Å²) >= 11 is 0. The maximum Gasteiger partial charge on any atom is 0.222 e. The molecule has 0 amide bonds. The van der Waals surface area contributed by atoms with Crippen molar-refractivity contribution >= 4 is 17.1 Å². The highest BCUT2D eigenvalue weighted by molar-refractivity contribution is 5.74. The third-order valence-corrected chi connectivity index (χ3v) is 3.25. The molecule has 0 unspecified atom stereocenters. The van der Waals surface area contributed by atoms with Crippen LogP contribution in [0, 0.1) is 13.8 Å². The molecule has 0 saturated heterocycles. The summed E-state index contributed by atoms with van der Waals surface area (Å²) < 4.78 is 0. The summed E-state index contributed by atoms with van der Waals surface area (Å²) in [6, 6.07) is 10.1. The van der Waals surface area contributed by atoms with Crippen LogP contribution in [0.4, 0.5) is 5.95 Å². The fraction of sp³-hybridized carbons (Fsp3) is 0.200. The van der Waals surface area contributed by atoms with Gasteiger partial charge >= 0.3 is 0 Å². The molecule has 0 aliphatic rings. The minimum Gasteiger partial charge on any atom is -0.368 e. The first kappa shape index (κ1) is 12.5. The van der Waals surface area contributed by atoms with Crippen LogP contribution < -0.4 is 5.73 Å². The number of hydrogen-bond acceptors (Lipinski definition) is 5. The third-order valence-electron chi connectivity index (χ3n) is 3.25. The average Bonchev–Trinajstić information content (AvgIpc) is 2.42. The fourth-order valence-electron chi connectivity index (χ4n) is 2.10. The first-order valence-electron chi connectivity index (χ1n) is 6.45.